The highest BCUT2D eigenvalue weighted by atomic mass is 16.5. The molecule has 11 nitrogen and oxygen atoms in total. The van der Waals surface area contributed by atoms with Crippen molar-refractivity contribution in [2.45, 2.75) is 63.8 Å². The minimum absolute atomic E-state index is 0.00528. The van der Waals surface area contributed by atoms with Crippen LogP contribution in [0.3, 0.4) is 0 Å². The molecule has 0 radical (unpaired) electrons. The van der Waals surface area contributed by atoms with E-state index in [0.717, 1.165) is 60.0 Å². The molecule has 2 saturated heterocycles. The van der Waals surface area contributed by atoms with Crippen LogP contribution in [0.2, 0.25) is 0 Å². The van der Waals surface area contributed by atoms with Gasteiger partial charge in [-0.05, 0) is 42.9 Å². The molecular weight excluding hydrogens is 562 g/mol. The number of nitrogens with zero attached hydrogens (tertiary/aromatic N) is 5. The zero-order valence-corrected chi connectivity index (χ0v) is 27.3. The van der Waals surface area contributed by atoms with Crippen molar-refractivity contribution >= 4 is 23.8 Å². The van der Waals surface area contributed by atoms with Crippen LogP contribution in [-0.4, -0.2) is 140 Å². The summed E-state index contributed by atoms with van der Waals surface area (Å²) in [5, 5.41) is 10.6. The first-order valence-electron chi connectivity index (χ1n) is 16.3. The van der Waals surface area contributed by atoms with Gasteiger partial charge in [-0.3, -0.25) is 24.2 Å². The van der Waals surface area contributed by atoms with Gasteiger partial charge < -0.3 is 24.1 Å². The first-order chi connectivity index (χ1) is 20.9. The number of rotatable bonds is 15. The molecule has 11 heteroatoms. The summed E-state index contributed by atoms with van der Waals surface area (Å²) in [4.78, 5) is 59.0. The van der Waals surface area contributed by atoms with Crippen LogP contribution in [0.25, 0.3) is 0 Å². The van der Waals surface area contributed by atoms with E-state index in [2.05, 4.69) is 34.1 Å². The van der Waals surface area contributed by atoms with Gasteiger partial charge in [0.25, 0.3) is 0 Å². The topological polar surface area (TPSA) is 111 Å². The van der Waals surface area contributed by atoms with Crippen molar-refractivity contribution in [1.29, 1.82) is 0 Å². The largest absolute Gasteiger partial charge is 0.493 e. The van der Waals surface area contributed by atoms with E-state index in [-0.39, 0.29) is 43.3 Å². The Labute approximate surface area is 262 Å². The minimum Gasteiger partial charge on any atom is -0.493 e. The highest BCUT2D eigenvalue weighted by Crippen LogP contribution is 2.41. The number of hydrogen-bond donors (Lipinski definition) is 1. The Kier molecular flexibility index (Phi) is 11.3. The number of amides is 4. The van der Waals surface area contributed by atoms with E-state index in [9.17, 15) is 24.3 Å². The smallest absolute Gasteiger partial charge is 0.326 e. The van der Waals surface area contributed by atoms with E-state index in [1.54, 1.807) is 7.05 Å². The van der Waals surface area contributed by atoms with Crippen LogP contribution in [-0.2, 0) is 20.8 Å². The maximum atomic E-state index is 13.9. The van der Waals surface area contributed by atoms with Crippen LogP contribution in [0.5, 0.6) is 5.75 Å². The Morgan fingerprint density at radius 3 is 2.55 bits per heavy atom. The lowest BCUT2D eigenvalue weighted by atomic mass is 9.83. The van der Waals surface area contributed by atoms with Crippen LogP contribution >= 0.6 is 0 Å². The molecule has 0 bridgehead atoms. The Bertz CT molecular complexity index is 1200. The highest BCUT2D eigenvalue weighted by Gasteiger charge is 2.48. The second kappa shape index (κ2) is 14.7. The Morgan fingerprint density at radius 1 is 1.09 bits per heavy atom. The van der Waals surface area contributed by atoms with E-state index in [4.69, 9.17) is 4.74 Å². The van der Waals surface area contributed by atoms with Crippen LogP contribution in [0, 0.1) is 5.92 Å². The number of urea groups is 1. The van der Waals surface area contributed by atoms with Crippen molar-refractivity contribution in [3.63, 3.8) is 0 Å². The molecule has 4 amide bonds. The van der Waals surface area contributed by atoms with Crippen molar-refractivity contribution in [2.75, 3.05) is 80.6 Å². The van der Waals surface area contributed by atoms with E-state index in [0.29, 0.717) is 39.2 Å². The molecule has 244 valence electrons. The molecule has 4 rings (SSSR count). The van der Waals surface area contributed by atoms with Crippen molar-refractivity contribution in [3.05, 3.63) is 29.3 Å². The van der Waals surface area contributed by atoms with Crippen LogP contribution in [0.15, 0.2) is 18.2 Å². The number of aliphatic carboxylic acids is 1. The second-order valence-corrected chi connectivity index (χ2v) is 13.7. The predicted octanol–water partition coefficient (Wildman–Crippen LogP) is 2.88. The SMILES string of the molecule is CCCCN(CCCC[N+](C)(C)C)C(=O)CN1C[C@H](c2ccc3c(c2)CCO3)[C@@H](C(=O)O)[C@@H]1CCN1C(=O)CCN(C)C1=O. The zero-order valence-electron chi connectivity index (χ0n) is 27.3. The summed E-state index contributed by atoms with van der Waals surface area (Å²) in [5.41, 5.74) is 2.00. The molecule has 3 heterocycles. The number of imide groups is 1. The van der Waals surface area contributed by atoms with E-state index >= 15 is 0 Å². The average Bonchev–Trinajstić information content (AvgIpc) is 3.58. The van der Waals surface area contributed by atoms with Gasteiger partial charge in [-0.15, -0.1) is 0 Å². The third-order valence-electron chi connectivity index (χ3n) is 9.32. The number of quaternary nitrogens is 1. The third kappa shape index (κ3) is 8.29. The standard InChI is InChI=1S/C33H51N5O6/c1-6-7-15-35(16-8-9-19-38(3,4)5)30(40)23-36-22-26(24-10-11-28-25(21-24)14-20-44-28)31(32(41)42)27(36)12-18-37-29(39)13-17-34(2)33(37)43/h10-11,21,26-27,31H,6-9,12-20,22-23H2,1-5H3/p+1/t26-,27+,31-/m1/s1. The molecule has 0 saturated carbocycles. The molecule has 44 heavy (non-hydrogen) atoms. The minimum atomic E-state index is -0.928. The Balaban J connectivity index is 1.56. The molecule has 0 aliphatic carbocycles. The predicted molar refractivity (Wildman–Crippen MR) is 167 cm³/mol. The zero-order chi connectivity index (χ0) is 32.0. The van der Waals surface area contributed by atoms with Gasteiger partial charge >= 0.3 is 12.0 Å². The number of carboxylic acids is 1. The fourth-order valence-corrected chi connectivity index (χ4v) is 6.79. The molecule has 1 N–H and O–H groups in total. The number of benzene rings is 1. The number of unbranched alkanes of at least 4 members (excludes halogenated alkanes) is 2. The molecule has 1 aromatic rings. The van der Waals surface area contributed by atoms with Crippen LogP contribution in [0.1, 0.15) is 62.5 Å². The van der Waals surface area contributed by atoms with E-state index in [1.807, 2.05) is 21.9 Å². The Hall–Kier alpha value is -3.18. The summed E-state index contributed by atoms with van der Waals surface area (Å²) in [6, 6.07) is 5.05. The molecule has 3 atom stereocenters. The number of likely N-dealkylation sites (tertiary alicyclic amines) is 1. The fraction of sp³-hybridized carbons (Fsp3) is 0.697. The first-order valence-corrected chi connectivity index (χ1v) is 16.3. The number of hydrogen-bond acceptors (Lipinski definition) is 6. The lowest BCUT2D eigenvalue weighted by molar-refractivity contribution is -0.870. The monoisotopic (exact) mass is 614 g/mol. The summed E-state index contributed by atoms with van der Waals surface area (Å²) in [6.45, 7) is 6.14. The van der Waals surface area contributed by atoms with Crippen LogP contribution < -0.4 is 4.74 Å². The van der Waals surface area contributed by atoms with Gasteiger partial charge in [-0.25, -0.2) is 4.79 Å². The van der Waals surface area contributed by atoms with Crippen molar-refractivity contribution in [1.82, 2.24) is 19.6 Å². The van der Waals surface area contributed by atoms with Crippen molar-refractivity contribution in [3.8, 4) is 5.75 Å². The van der Waals surface area contributed by atoms with Gasteiger partial charge in [-0.2, -0.15) is 0 Å². The van der Waals surface area contributed by atoms with Gasteiger partial charge in [-0.1, -0.05) is 25.5 Å². The number of fused-ring (bicyclic) bond motifs is 1. The summed E-state index contributed by atoms with van der Waals surface area (Å²) in [6.07, 6.45) is 5.14. The summed E-state index contributed by atoms with van der Waals surface area (Å²) >= 11 is 0. The molecule has 0 aromatic heterocycles. The highest BCUT2D eigenvalue weighted by molar-refractivity contribution is 5.96. The van der Waals surface area contributed by atoms with Crippen LogP contribution in [0.4, 0.5) is 4.79 Å². The third-order valence-corrected chi connectivity index (χ3v) is 9.32. The van der Waals surface area contributed by atoms with Crippen molar-refractivity contribution in [2.24, 2.45) is 5.92 Å². The fourth-order valence-electron chi connectivity index (χ4n) is 6.79. The lowest BCUT2D eigenvalue weighted by Gasteiger charge is -2.34. The molecule has 0 spiro atoms. The van der Waals surface area contributed by atoms with E-state index < -0.39 is 17.9 Å². The summed E-state index contributed by atoms with van der Waals surface area (Å²) in [7, 11) is 8.17. The normalized spacial score (nSPS) is 22.3. The second-order valence-electron chi connectivity index (χ2n) is 13.7. The van der Waals surface area contributed by atoms with Gasteiger partial charge in [0.05, 0.1) is 46.8 Å². The number of carboxylic acid groups (broad SMARTS) is 1. The molecule has 1 aromatic carbocycles. The van der Waals surface area contributed by atoms with E-state index in [1.165, 1.54) is 9.80 Å². The quantitative estimate of drug-likeness (QED) is 0.239. The lowest BCUT2D eigenvalue weighted by Crippen LogP contribution is -2.52. The molecule has 2 fully saturated rings. The molecular formula is C33H52N5O6+. The molecule has 3 aliphatic rings. The van der Waals surface area contributed by atoms with Gasteiger partial charge in [0.1, 0.15) is 5.75 Å². The Morgan fingerprint density at radius 2 is 1.84 bits per heavy atom. The maximum absolute atomic E-state index is 13.9. The maximum Gasteiger partial charge on any atom is 0.326 e. The molecule has 0 unspecified atom stereocenters. The van der Waals surface area contributed by atoms with Gasteiger partial charge in [0.15, 0.2) is 0 Å². The van der Waals surface area contributed by atoms with Crippen molar-refractivity contribution < 1.29 is 33.5 Å². The number of carbonyl (C=O) groups excluding carboxylic acids is 3. The van der Waals surface area contributed by atoms with Gasteiger partial charge in [0.2, 0.25) is 11.8 Å². The summed E-state index contributed by atoms with van der Waals surface area (Å²) < 4.78 is 6.56. The average molecular weight is 615 g/mol. The number of carbonyl (C=O) groups is 4. The molecule has 3 aliphatic heterocycles. The summed E-state index contributed by atoms with van der Waals surface area (Å²) in [5.74, 6) is -1.44. The number of ether oxygens (including phenoxy) is 1. The first kappa shape index (κ1) is 33.7. The van der Waals surface area contributed by atoms with Gasteiger partial charge in [0, 0.05) is 64.6 Å².